The summed E-state index contributed by atoms with van der Waals surface area (Å²) < 4.78 is 2.46. The number of nitrogens with one attached hydrogen (secondary N) is 2. The Bertz CT molecular complexity index is 702. The number of benzene rings is 1. The van der Waals surface area contributed by atoms with Crippen LogP contribution in [0, 0.1) is 18.6 Å². The SMILES string of the molecule is Cc1cccc(C(=O)NCCCc2n[nH]c(=S)n2C)c1C. The van der Waals surface area contributed by atoms with Crippen molar-refractivity contribution >= 4 is 18.1 Å². The monoisotopic (exact) mass is 304 g/mol. The first-order valence-corrected chi connectivity index (χ1v) is 7.36. The molecule has 0 fully saturated rings. The maximum Gasteiger partial charge on any atom is 0.251 e. The number of aromatic nitrogens is 3. The largest absolute Gasteiger partial charge is 0.352 e. The normalized spacial score (nSPS) is 10.6. The third kappa shape index (κ3) is 3.58. The lowest BCUT2D eigenvalue weighted by atomic mass is 10.0. The first-order valence-electron chi connectivity index (χ1n) is 6.95. The molecule has 6 heteroatoms. The van der Waals surface area contributed by atoms with Gasteiger partial charge in [0.15, 0.2) is 4.77 Å². The maximum atomic E-state index is 12.1. The van der Waals surface area contributed by atoms with Gasteiger partial charge in [-0.25, -0.2) is 0 Å². The fourth-order valence-electron chi connectivity index (χ4n) is 2.14. The predicted molar refractivity (Wildman–Crippen MR) is 85.0 cm³/mol. The minimum absolute atomic E-state index is 0.0217. The third-order valence-electron chi connectivity index (χ3n) is 3.68. The summed E-state index contributed by atoms with van der Waals surface area (Å²) in [6, 6.07) is 5.77. The van der Waals surface area contributed by atoms with Gasteiger partial charge in [0.05, 0.1) is 0 Å². The summed E-state index contributed by atoms with van der Waals surface area (Å²) in [5.74, 6) is 0.882. The molecule has 5 nitrogen and oxygen atoms in total. The molecule has 112 valence electrons. The number of rotatable bonds is 5. The van der Waals surface area contributed by atoms with Gasteiger partial charge in [-0.3, -0.25) is 9.89 Å². The molecule has 0 aliphatic rings. The fraction of sp³-hybridized carbons (Fsp3) is 0.400. The van der Waals surface area contributed by atoms with Crippen LogP contribution in [0.5, 0.6) is 0 Å². The van der Waals surface area contributed by atoms with Gasteiger partial charge in [0.2, 0.25) is 0 Å². The molecule has 0 saturated carbocycles. The molecule has 1 aromatic heterocycles. The van der Waals surface area contributed by atoms with E-state index in [2.05, 4.69) is 15.5 Å². The number of hydrogen-bond donors (Lipinski definition) is 2. The van der Waals surface area contributed by atoms with Gasteiger partial charge in [0.1, 0.15) is 5.82 Å². The number of aryl methyl sites for hydroxylation is 2. The average molecular weight is 304 g/mol. The van der Waals surface area contributed by atoms with E-state index >= 15 is 0 Å². The van der Waals surface area contributed by atoms with Crippen molar-refractivity contribution in [1.82, 2.24) is 20.1 Å². The lowest BCUT2D eigenvalue weighted by Gasteiger charge is -2.09. The maximum absolute atomic E-state index is 12.1. The Hall–Kier alpha value is -1.95. The Labute approximate surface area is 129 Å². The average Bonchev–Trinajstić information content (AvgIpc) is 2.78. The van der Waals surface area contributed by atoms with Crippen LogP contribution >= 0.6 is 12.2 Å². The summed E-state index contributed by atoms with van der Waals surface area (Å²) in [5, 5.41) is 9.85. The van der Waals surface area contributed by atoms with Crippen LogP contribution in [-0.4, -0.2) is 27.2 Å². The van der Waals surface area contributed by atoms with E-state index in [-0.39, 0.29) is 5.91 Å². The van der Waals surface area contributed by atoms with Gasteiger partial charge in [-0.2, -0.15) is 5.10 Å². The van der Waals surface area contributed by atoms with Crippen molar-refractivity contribution in [3.8, 4) is 0 Å². The van der Waals surface area contributed by atoms with Crippen molar-refractivity contribution < 1.29 is 4.79 Å². The molecule has 0 radical (unpaired) electrons. The molecule has 2 N–H and O–H groups in total. The highest BCUT2D eigenvalue weighted by Gasteiger charge is 2.09. The molecule has 0 saturated heterocycles. The molecule has 2 rings (SSSR count). The molecule has 1 aromatic carbocycles. The van der Waals surface area contributed by atoms with E-state index in [0.717, 1.165) is 35.4 Å². The van der Waals surface area contributed by atoms with Crippen LogP contribution in [0.25, 0.3) is 0 Å². The van der Waals surface area contributed by atoms with Crippen molar-refractivity contribution in [2.45, 2.75) is 26.7 Å². The molecule has 1 amide bonds. The first kappa shape index (κ1) is 15.4. The quantitative estimate of drug-likeness (QED) is 0.659. The Morgan fingerprint density at radius 1 is 1.43 bits per heavy atom. The van der Waals surface area contributed by atoms with Crippen molar-refractivity contribution in [3.63, 3.8) is 0 Å². The number of H-pyrrole nitrogens is 1. The summed E-state index contributed by atoms with van der Waals surface area (Å²) >= 11 is 5.06. The van der Waals surface area contributed by atoms with E-state index in [1.807, 2.05) is 43.7 Å². The van der Waals surface area contributed by atoms with Gasteiger partial charge in [0.25, 0.3) is 5.91 Å². The molecule has 0 atom stereocenters. The lowest BCUT2D eigenvalue weighted by molar-refractivity contribution is 0.0952. The standard InChI is InChI=1S/C15H20N4OS/c1-10-6-4-7-12(11(10)2)14(20)16-9-5-8-13-17-18-15(21)19(13)3/h4,6-7H,5,8-9H2,1-3H3,(H,16,20)(H,18,21). The third-order valence-corrected chi connectivity index (χ3v) is 4.05. The topological polar surface area (TPSA) is 62.7 Å². The van der Waals surface area contributed by atoms with Gasteiger partial charge in [-0.05, 0) is 49.7 Å². The van der Waals surface area contributed by atoms with Crippen LogP contribution in [0.1, 0.15) is 33.7 Å². The zero-order valence-electron chi connectivity index (χ0n) is 12.6. The Kier molecular flexibility index (Phi) is 4.90. The Morgan fingerprint density at radius 3 is 2.86 bits per heavy atom. The number of aromatic amines is 1. The molecular formula is C15H20N4OS. The molecule has 0 aliphatic carbocycles. The number of carbonyl (C=O) groups is 1. The number of carbonyl (C=O) groups excluding carboxylic acids is 1. The second-order valence-corrected chi connectivity index (χ2v) is 5.50. The molecule has 0 spiro atoms. The number of hydrogen-bond acceptors (Lipinski definition) is 3. The summed E-state index contributed by atoms with van der Waals surface area (Å²) in [6.45, 7) is 4.60. The smallest absolute Gasteiger partial charge is 0.251 e. The highest BCUT2D eigenvalue weighted by atomic mass is 32.1. The molecule has 0 unspecified atom stereocenters. The second-order valence-electron chi connectivity index (χ2n) is 5.11. The van der Waals surface area contributed by atoms with Crippen molar-refractivity contribution in [2.24, 2.45) is 7.05 Å². The number of nitrogens with zero attached hydrogens (tertiary/aromatic N) is 2. The minimum atomic E-state index is -0.0217. The van der Waals surface area contributed by atoms with Crippen LogP contribution in [0.15, 0.2) is 18.2 Å². The second kappa shape index (κ2) is 6.67. The molecular weight excluding hydrogens is 284 g/mol. The summed E-state index contributed by atoms with van der Waals surface area (Å²) in [4.78, 5) is 12.1. The zero-order chi connectivity index (χ0) is 15.4. The summed E-state index contributed by atoms with van der Waals surface area (Å²) in [6.07, 6.45) is 1.60. The first-order chi connectivity index (χ1) is 10.0. The zero-order valence-corrected chi connectivity index (χ0v) is 13.4. The van der Waals surface area contributed by atoms with E-state index < -0.39 is 0 Å². The van der Waals surface area contributed by atoms with Crippen LogP contribution in [0.2, 0.25) is 0 Å². The molecule has 2 aromatic rings. The lowest BCUT2D eigenvalue weighted by Crippen LogP contribution is -2.25. The highest BCUT2D eigenvalue weighted by Crippen LogP contribution is 2.12. The summed E-state index contributed by atoms with van der Waals surface area (Å²) in [7, 11) is 1.88. The fourth-order valence-corrected chi connectivity index (χ4v) is 2.29. The van der Waals surface area contributed by atoms with Crippen LogP contribution in [-0.2, 0) is 13.5 Å². The van der Waals surface area contributed by atoms with Crippen molar-refractivity contribution in [2.75, 3.05) is 6.54 Å². The minimum Gasteiger partial charge on any atom is -0.352 e. The molecule has 1 heterocycles. The van der Waals surface area contributed by atoms with E-state index in [1.54, 1.807) is 0 Å². The van der Waals surface area contributed by atoms with Crippen molar-refractivity contribution in [1.29, 1.82) is 0 Å². The summed E-state index contributed by atoms with van der Waals surface area (Å²) in [5.41, 5.74) is 2.90. The van der Waals surface area contributed by atoms with Crippen LogP contribution in [0.4, 0.5) is 0 Å². The van der Waals surface area contributed by atoms with Crippen LogP contribution < -0.4 is 5.32 Å². The number of amides is 1. The van der Waals surface area contributed by atoms with Crippen LogP contribution in [0.3, 0.4) is 0 Å². The predicted octanol–water partition coefficient (Wildman–Crippen LogP) is 2.46. The molecule has 0 bridgehead atoms. The Balaban J connectivity index is 1.86. The van der Waals surface area contributed by atoms with Gasteiger partial charge in [0, 0.05) is 25.6 Å². The van der Waals surface area contributed by atoms with E-state index in [0.29, 0.717) is 11.3 Å². The van der Waals surface area contributed by atoms with Crippen molar-refractivity contribution in [3.05, 3.63) is 45.5 Å². The van der Waals surface area contributed by atoms with E-state index in [4.69, 9.17) is 12.2 Å². The highest BCUT2D eigenvalue weighted by molar-refractivity contribution is 7.71. The van der Waals surface area contributed by atoms with E-state index in [1.165, 1.54) is 0 Å². The van der Waals surface area contributed by atoms with Gasteiger partial charge < -0.3 is 9.88 Å². The molecule has 0 aliphatic heterocycles. The molecule has 21 heavy (non-hydrogen) atoms. The Morgan fingerprint density at radius 2 is 2.19 bits per heavy atom. The van der Waals surface area contributed by atoms with Gasteiger partial charge >= 0.3 is 0 Å². The van der Waals surface area contributed by atoms with Gasteiger partial charge in [-0.1, -0.05) is 12.1 Å². The van der Waals surface area contributed by atoms with Gasteiger partial charge in [-0.15, -0.1) is 0 Å². The van der Waals surface area contributed by atoms with E-state index in [9.17, 15) is 4.79 Å².